The van der Waals surface area contributed by atoms with Gasteiger partial charge in [-0.1, -0.05) is 12.1 Å². The van der Waals surface area contributed by atoms with Crippen LogP contribution < -0.4 is 10.5 Å². The zero-order chi connectivity index (χ0) is 13.1. The molecule has 3 nitrogen and oxygen atoms in total. The fraction of sp³-hybridized carbons (Fsp3) is 0.333. The maximum absolute atomic E-state index is 6.22. The molecule has 0 saturated heterocycles. The lowest BCUT2D eigenvalue weighted by Crippen LogP contribution is -2.13. The van der Waals surface area contributed by atoms with Gasteiger partial charge in [0, 0.05) is 11.6 Å². The van der Waals surface area contributed by atoms with Crippen LogP contribution in [0.5, 0.6) is 5.75 Å². The average Bonchev–Trinajstić information content (AvgIpc) is 2.69. The number of furan rings is 1. The Kier molecular flexibility index (Phi) is 3.72. The fourth-order valence-electron chi connectivity index (χ4n) is 2.14. The molecule has 0 radical (unpaired) electrons. The number of aryl methyl sites for hydroxylation is 2. The Morgan fingerprint density at radius 1 is 1.22 bits per heavy atom. The molecule has 0 saturated carbocycles. The maximum Gasteiger partial charge on any atom is 0.118 e. The van der Waals surface area contributed by atoms with E-state index in [0.717, 1.165) is 29.3 Å². The molecule has 0 amide bonds. The van der Waals surface area contributed by atoms with Crippen molar-refractivity contribution in [3.63, 3.8) is 0 Å². The summed E-state index contributed by atoms with van der Waals surface area (Å²) in [4.78, 5) is 0. The summed E-state index contributed by atoms with van der Waals surface area (Å²) >= 11 is 0. The number of hydrogen-bond donors (Lipinski definition) is 1. The van der Waals surface area contributed by atoms with Gasteiger partial charge in [0.2, 0.25) is 0 Å². The van der Waals surface area contributed by atoms with Crippen LogP contribution in [0.2, 0.25) is 0 Å². The second-order valence-corrected chi connectivity index (χ2v) is 4.53. The summed E-state index contributed by atoms with van der Waals surface area (Å²) in [6.45, 7) is 3.90. The normalized spacial score (nSPS) is 12.4. The first-order valence-electron chi connectivity index (χ1n) is 6.05. The molecule has 1 atom stereocenters. The summed E-state index contributed by atoms with van der Waals surface area (Å²) in [7, 11) is 1.67. The molecule has 18 heavy (non-hydrogen) atoms. The highest BCUT2D eigenvalue weighted by Crippen LogP contribution is 2.23. The largest absolute Gasteiger partial charge is 0.497 e. The molecule has 0 fully saturated rings. The molecule has 2 N–H and O–H groups in total. The van der Waals surface area contributed by atoms with Gasteiger partial charge in [-0.15, -0.1) is 0 Å². The van der Waals surface area contributed by atoms with Crippen LogP contribution in [0.1, 0.15) is 28.7 Å². The van der Waals surface area contributed by atoms with Crippen LogP contribution >= 0.6 is 0 Å². The summed E-state index contributed by atoms with van der Waals surface area (Å²) in [5.41, 5.74) is 8.50. The summed E-state index contributed by atoms with van der Waals surface area (Å²) in [6.07, 6.45) is 0.795. The van der Waals surface area contributed by atoms with E-state index in [9.17, 15) is 0 Å². The monoisotopic (exact) mass is 245 g/mol. The lowest BCUT2D eigenvalue weighted by molar-refractivity contribution is 0.414. The van der Waals surface area contributed by atoms with Crippen molar-refractivity contribution in [2.75, 3.05) is 7.11 Å². The molecule has 1 aromatic carbocycles. The van der Waals surface area contributed by atoms with Gasteiger partial charge in [-0.05, 0) is 44.0 Å². The third kappa shape index (κ3) is 2.74. The molecular weight excluding hydrogens is 226 g/mol. The number of nitrogens with two attached hydrogens (primary N) is 1. The van der Waals surface area contributed by atoms with Crippen molar-refractivity contribution < 1.29 is 9.15 Å². The van der Waals surface area contributed by atoms with E-state index in [1.807, 2.05) is 44.2 Å². The van der Waals surface area contributed by atoms with Crippen LogP contribution in [0, 0.1) is 13.8 Å². The zero-order valence-corrected chi connectivity index (χ0v) is 11.1. The first kappa shape index (κ1) is 12.7. The Labute approximate surface area is 108 Å². The van der Waals surface area contributed by atoms with Crippen molar-refractivity contribution >= 4 is 0 Å². The van der Waals surface area contributed by atoms with Gasteiger partial charge in [0.05, 0.1) is 7.11 Å². The van der Waals surface area contributed by atoms with Crippen LogP contribution in [0.4, 0.5) is 0 Å². The third-order valence-corrected chi connectivity index (χ3v) is 3.09. The lowest BCUT2D eigenvalue weighted by atomic mass is 10.00. The average molecular weight is 245 g/mol. The Balaban J connectivity index is 2.10. The van der Waals surface area contributed by atoms with Gasteiger partial charge in [-0.25, -0.2) is 0 Å². The smallest absolute Gasteiger partial charge is 0.118 e. The summed E-state index contributed by atoms with van der Waals surface area (Å²) in [5.74, 6) is 2.68. The van der Waals surface area contributed by atoms with Gasteiger partial charge >= 0.3 is 0 Å². The van der Waals surface area contributed by atoms with Crippen molar-refractivity contribution in [1.82, 2.24) is 0 Å². The van der Waals surface area contributed by atoms with Crippen LogP contribution in [0.3, 0.4) is 0 Å². The molecular formula is C15H19NO2. The van der Waals surface area contributed by atoms with E-state index in [1.165, 1.54) is 5.56 Å². The molecule has 96 valence electrons. The van der Waals surface area contributed by atoms with Crippen molar-refractivity contribution in [3.8, 4) is 5.75 Å². The van der Waals surface area contributed by atoms with Crippen molar-refractivity contribution in [1.29, 1.82) is 0 Å². The third-order valence-electron chi connectivity index (χ3n) is 3.09. The minimum absolute atomic E-state index is 0.0316. The molecule has 2 aromatic rings. The van der Waals surface area contributed by atoms with Crippen LogP contribution in [-0.2, 0) is 6.42 Å². The molecule has 1 heterocycles. The van der Waals surface area contributed by atoms with Crippen molar-refractivity contribution in [2.24, 2.45) is 5.73 Å². The van der Waals surface area contributed by atoms with Crippen molar-refractivity contribution in [2.45, 2.75) is 26.3 Å². The number of ether oxygens (including phenoxy) is 1. The second-order valence-electron chi connectivity index (χ2n) is 4.53. The predicted octanol–water partition coefficient (Wildman–Crippen LogP) is 3.15. The molecule has 0 bridgehead atoms. The highest BCUT2D eigenvalue weighted by atomic mass is 16.5. The SMILES string of the molecule is COc1ccc(CC(N)c2cc(C)oc2C)cc1. The maximum atomic E-state index is 6.22. The standard InChI is InChI=1S/C15H19NO2/c1-10-8-14(11(2)18-10)15(16)9-12-4-6-13(17-3)7-5-12/h4-8,15H,9,16H2,1-3H3. The number of hydrogen-bond acceptors (Lipinski definition) is 3. The predicted molar refractivity (Wildman–Crippen MR) is 71.8 cm³/mol. The number of methoxy groups -OCH3 is 1. The Morgan fingerprint density at radius 2 is 1.89 bits per heavy atom. The highest BCUT2D eigenvalue weighted by Gasteiger charge is 2.13. The number of benzene rings is 1. The second kappa shape index (κ2) is 5.27. The van der Waals surface area contributed by atoms with Gasteiger partial charge in [0.1, 0.15) is 17.3 Å². The molecule has 1 aromatic heterocycles. The van der Waals surface area contributed by atoms with E-state index in [-0.39, 0.29) is 6.04 Å². The van der Waals surface area contributed by atoms with E-state index in [4.69, 9.17) is 14.9 Å². The molecule has 3 heteroatoms. The Morgan fingerprint density at radius 3 is 2.39 bits per heavy atom. The van der Waals surface area contributed by atoms with Crippen LogP contribution in [-0.4, -0.2) is 7.11 Å². The highest BCUT2D eigenvalue weighted by molar-refractivity contribution is 5.30. The Hall–Kier alpha value is -1.74. The van der Waals surface area contributed by atoms with Crippen molar-refractivity contribution in [3.05, 3.63) is 53.0 Å². The molecule has 0 aliphatic heterocycles. The minimum Gasteiger partial charge on any atom is -0.497 e. The summed E-state index contributed by atoms with van der Waals surface area (Å²) < 4.78 is 10.6. The minimum atomic E-state index is -0.0316. The van der Waals surface area contributed by atoms with Crippen LogP contribution in [0.25, 0.3) is 0 Å². The molecule has 0 aliphatic rings. The first-order chi connectivity index (χ1) is 8.60. The summed E-state index contributed by atoms with van der Waals surface area (Å²) in [6, 6.07) is 9.98. The van der Waals surface area contributed by atoms with E-state index < -0.39 is 0 Å². The topological polar surface area (TPSA) is 48.4 Å². The van der Waals surface area contributed by atoms with E-state index in [2.05, 4.69) is 0 Å². The Bertz CT molecular complexity index is 514. The summed E-state index contributed by atoms with van der Waals surface area (Å²) in [5, 5.41) is 0. The van der Waals surface area contributed by atoms with E-state index in [1.54, 1.807) is 7.11 Å². The molecule has 1 unspecified atom stereocenters. The van der Waals surface area contributed by atoms with Gasteiger partial charge in [0.25, 0.3) is 0 Å². The molecule has 2 rings (SSSR count). The van der Waals surface area contributed by atoms with Gasteiger partial charge in [-0.2, -0.15) is 0 Å². The fourth-order valence-corrected chi connectivity index (χ4v) is 2.14. The van der Waals surface area contributed by atoms with E-state index >= 15 is 0 Å². The lowest BCUT2D eigenvalue weighted by Gasteiger charge is -2.11. The first-order valence-corrected chi connectivity index (χ1v) is 6.05. The zero-order valence-electron chi connectivity index (χ0n) is 11.1. The molecule has 0 aliphatic carbocycles. The quantitative estimate of drug-likeness (QED) is 0.900. The number of rotatable bonds is 4. The van der Waals surface area contributed by atoms with Gasteiger partial charge in [0.15, 0.2) is 0 Å². The van der Waals surface area contributed by atoms with Gasteiger partial charge in [-0.3, -0.25) is 0 Å². The molecule has 0 spiro atoms. The van der Waals surface area contributed by atoms with Gasteiger partial charge < -0.3 is 14.9 Å². The van der Waals surface area contributed by atoms with E-state index in [0.29, 0.717) is 0 Å². The van der Waals surface area contributed by atoms with Crippen LogP contribution in [0.15, 0.2) is 34.7 Å².